The van der Waals surface area contributed by atoms with Crippen LogP contribution in [0.15, 0.2) is 24.3 Å². The second kappa shape index (κ2) is 7.42. The molecule has 90 valence electrons. The molecule has 2 heteroatoms. The number of aliphatic hydroxyl groups is 1. The molecule has 1 atom stereocenters. The molecule has 2 N–H and O–H groups in total. The van der Waals surface area contributed by atoms with Gasteiger partial charge < -0.3 is 10.4 Å². The van der Waals surface area contributed by atoms with Crippen molar-refractivity contribution >= 4 is 0 Å². The van der Waals surface area contributed by atoms with E-state index in [1.54, 1.807) is 0 Å². The summed E-state index contributed by atoms with van der Waals surface area (Å²) in [6, 6.07) is 9.02. The minimum absolute atomic E-state index is 0.231. The van der Waals surface area contributed by atoms with E-state index in [9.17, 15) is 0 Å². The maximum atomic E-state index is 9.02. The maximum absolute atomic E-state index is 9.02. The van der Waals surface area contributed by atoms with Crippen LogP contribution in [0, 0.1) is 0 Å². The lowest BCUT2D eigenvalue weighted by Gasteiger charge is -2.17. The van der Waals surface area contributed by atoms with Gasteiger partial charge >= 0.3 is 0 Å². The fourth-order valence-electron chi connectivity index (χ4n) is 1.97. The van der Waals surface area contributed by atoms with Gasteiger partial charge in [0.1, 0.15) is 0 Å². The third kappa shape index (κ3) is 3.95. The van der Waals surface area contributed by atoms with Crippen molar-refractivity contribution in [1.82, 2.24) is 5.32 Å². The first-order valence-electron chi connectivity index (χ1n) is 6.24. The van der Waals surface area contributed by atoms with E-state index in [1.807, 2.05) is 0 Å². The molecule has 0 saturated heterocycles. The highest BCUT2D eigenvalue weighted by atomic mass is 16.3. The summed E-state index contributed by atoms with van der Waals surface area (Å²) in [4.78, 5) is 0. The first-order valence-corrected chi connectivity index (χ1v) is 6.24. The SMILES string of the molecule is CCCc1ccc(C(CCO)NCC)cc1. The van der Waals surface area contributed by atoms with Gasteiger partial charge in [0.05, 0.1) is 0 Å². The molecular formula is C14H23NO. The van der Waals surface area contributed by atoms with Gasteiger partial charge in [0, 0.05) is 12.6 Å². The molecule has 16 heavy (non-hydrogen) atoms. The van der Waals surface area contributed by atoms with Crippen molar-refractivity contribution in [2.24, 2.45) is 0 Å². The molecule has 0 spiro atoms. The van der Waals surface area contributed by atoms with Crippen molar-refractivity contribution in [2.45, 2.75) is 39.2 Å². The Balaban J connectivity index is 2.68. The molecule has 1 unspecified atom stereocenters. The number of hydrogen-bond donors (Lipinski definition) is 2. The van der Waals surface area contributed by atoms with E-state index in [2.05, 4.69) is 43.4 Å². The zero-order chi connectivity index (χ0) is 11.8. The van der Waals surface area contributed by atoms with Crippen LogP contribution in [0.1, 0.15) is 43.9 Å². The first kappa shape index (κ1) is 13.2. The molecule has 0 fully saturated rings. The van der Waals surface area contributed by atoms with Gasteiger partial charge in [-0.05, 0) is 30.5 Å². The molecule has 0 aromatic heterocycles. The first-order chi connectivity index (χ1) is 7.81. The van der Waals surface area contributed by atoms with Gasteiger partial charge in [-0.2, -0.15) is 0 Å². The lowest BCUT2D eigenvalue weighted by Crippen LogP contribution is -2.21. The van der Waals surface area contributed by atoms with E-state index in [-0.39, 0.29) is 12.6 Å². The van der Waals surface area contributed by atoms with Crippen LogP contribution in [-0.2, 0) is 6.42 Å². The van der Waals surface area contributed by atoms with Crippen molar-refractivity contribution in [3.05, 3.63) is 35.4 Å². The van der Waals surface area contributed by atoms with E-state index in [1.165, 1.54) is 17.5 Å². The van der Waals surface area contributed by atoms with Gasteiger partial charge in [-0.25, -0.2) is 0 Å². The standard InChI is InChI=1S/C14H23NO/c1-3-5-12-6-8-13(9-7-12)14(10-11-16)15-4-2/h6-9,14-16H,3-5,10-11H2,1-2H3. The average molecular weight is 221 g/mol. The number of aryl methyl sites for hydroxylation is 1. The minimum atomic E-state index is 0.231. The number of benzene rings is 1. The fourth-order valence-corrected chi connectivity index (χ4v) is 1.97. The molecule has 1 aromatic rings. The summed E-state index contributed by atoms with van der Waals surface area (Å²) in [5, 5.41) is 12.4. The van der Waals surface area contributed by atoms with Crippen LogP contribution < -0.4 is 5.32 Å². The Morgan fingerprint density at radius 1 is 1.19 bits per heavy atom. The van der Waals surface area contributed by atoms with Gasteiger partial charge in [-0.15, -0.1) is 0 Å². The average Bonchev–Trinajstić information content (AvgIpc) is 2.30. The van der Waals surface area contributed by atoms with E-state index < -0.39 is 0 Å². The number of nitrogens with one attached hydrogen (secondary N) is 1. The highest BCUT2D eigenvalue weighted by Gasteiger charge is 2.08. The van der Waals surface area contributed by atoms with Gasteiger partial charge in [0.15, 0.2) is 0 Å². The lowest BCUT2D eigenvalue weighted by atomic mass is 10.0. The molecule has 0 aliphatic heterocycles. The van der Waals surface area contributed by atoms with Crippen LogP contribution in [-0.4, -0.2) is 18.3 Å². The Hall–Kier alpha value is -0.860. The monoisotopic (exact) mass is 221 g/mol. The Kier molecular flexibility index (Phi) is 6.12. The van der Waals surface area contributed by atoms with Crippen molar-refractivity contribution in [3.8, 4) is 0 Å². The van der Waals surface area contributed by atoms with Crippen molar-refractivity contribution < 1.29 is 5.11 Å². The Labute approximate surface area is 98.7 Å². The number of hydrogen-bond acceptors (Lipinski definition) is 2. The molecule has 0 amide bonds. The summed E-state index contributed by atoms with van der Waals surface area (Å²) in [5.41, 5.74) is 2.67. The zero-order valence-corrected chi connectivity index (χ0v) is 10.4. The predicted octanol–water partition coefficient (Wildman–Crippen LogP) is 2.67. The molecule has 2 nitrogen and oxygen atoms in total. The normalized spacial score (nSPS) is 12.7. The van der Waals surface area contributed by atoms with Crippen LogP contribution in [0.4, 0.5) is 0 Å². The van der Waals surface area contributed by atoms with Crippen LogP contribution in [0.3, 0.4) is 0 Å². The van der Waals surface area contributed by atoms with Crippen LogP contribution >= 0.6 is 0 Å². The molecule has 0 heterocycles. The smallest absolute Gasteiger partial charge is 0.0449 e. The van der Waals surface area contributed by atoms with Gasteiger partial charge in [0.2, 0.25) is 0 Å². The van der Waals surface area contributed by atoms with E-state index in [0.29, 0.717) is 0 Å². The minimum Gasteiger partial charge on any atom is -0.396 e. The summed E-state index contributed by atoms with van der Waals surface area (Å²) in [6.45, 7) is 5.45. The molecule has 1 rings (SSSR count). The highest BCUT2D eigenvalue weighted by Crippen LogP contribution is 2.17. The second-order valence-electron chi connectivity index (χ2n) is 4.11. The highest BCUT2D eigenvalue weighted by molar-refractivity contribution is 5.25. The van der Waals surface area contributed by atoms with Crippen molar-refractivity contribution in [3.63, 3.8) is 0 Å². The molecule has 0 aliphatic carbocycles. The quantitative estimate of drug-likeness (QED) is 0.742. The van der Waals surface area contributed by atoms with Crippen LogP contribution in [0.2, 0.25) is 0 Å². The largest absolute Gasteiger partial charge is 0.396 e. The number of rotatable bonds is 7. The molecule has 0 radical (unpaired) electrons. The second-order valence-corrected chi connectivity index (χ2v) is 4.11. The van der Waals surface area contributed by atoms with Crippen LogP contribution in [0.5, 0.6) is 0 Å². The molecule has 0 bridgehead atoms. The van der Waals surface area contributed by atoms with Gasteiger partial charge in [-0.3, -0.25) is 0 Å². The van der Waals surface area contributed by atoms with E-state index in [4.69, 9.17) is 5.11 Å². The third-order valence-electron chi connectivity index (χ3n) is 2.79. The molecular weight excluding hydrogens is 198 g/mol. The van der Waals surface area contributed by atoms with E-state index in [0.717, 1.165) is 19.4 Å². The van der Waals surface area contributed by atoms with Crippen LogP contribution in [0.25, 0.3) is 0 Å². The summed E-state index contributed by atoms with van der Waals surface area (Å²) < 4.78 is 0. The summed E-state index contributed by atoms with van der Waals surface area (Å²) in [7, 11) is 0. The van der Waals surface area contributed by atoms with Crippen molar-refractivity contribution in [2.75, 3.05) is 13.2 Å². The summed E-state index contributed by atoms with van der Waals surface area (Å²) in [6.07, 6.45) is 3.11. The van der Waals surface area contributed by atoms with E-state index >= 15 is 0 Å². The maximum Gasteiger partial charge on any atom is 0.0449 e. The topological polar surface area (TPSA) is 32.3 Å². The van der Waals surface area contributed by atoms with Gasteiger partial charge in [0.25, 0.3) is 0 Å². The lowest BCUT2D eigenvalue weighted by molar-refractivity contribution is 0.266. The van der Waals surface area contributed by atoms with Crippen molar-refractivity contribution in [1.29, 1.82) is 0 Å². The predicted molar refractivity (Wildman–Crippen MR) is 68.6 cm³/mol. The molecule has 1 aromatic carbocycles. The Morgan fingerprint density at radius 2 is 1.88 bits per heavy atom. The van der Waals surface area contributed by atoms with Gasteiger partial charge in [-0.1, -0.05) is 44.5 Å². The number of aliphatic hydroxyl groups excluding tert-OH is 1. The molecule has 0 aliphatic rings. The summed E-state index contributed by atoms with van der Waals surface area (Å²) >= 11 is 0. The third-order valence-corrected chi connectivity index (χ3v) is 2.79. The Morgan fingerprint density at radius 3 is 2.38 bits per heavy atom. The summed E-state index contributed by atoms with van der Waals surface area (Å²) in [5.74, 6) is 0. The fraction of sp³-hybridized carbons (Fsp3) is 0.571. The zero-order valence-electron chi connectivity index (χ0n) is 10.4. The Bertz CT molecular complexity index is 275. The molecule has 0 saturated carbocycles.